The van der Waals surface area contributed by atoms with Gasteiger partial charge in [-0.05, 0) is 48.9 Å². The Labute approximate surface area is 73.0 Å². The van der Waals surface area contributed by atoms with E-state index >= 15 is 0 Å². The molecule has 0 bridgehead atoms. The van der Waals surface area contributed by atoms with E-state index in [1.807, 2.05) is 6.07 Å². The van der Waals surface area contributed by atoms with Crippen LogP contribution in [0.5, 0.6) is 0 Å². The molecule has 0 spiro atoms. The Bertz CT molecular complexity index is 266. The monoisotopic (exact) mass is 163 g/mol. The van der Waals surface area contributed by atoms with Crippen LogP contribution in [0.3, 0.4) is 0 Å². The second-order valence-electron chi connectivity index (χ2n) is 3.14. The standard InChI is InChI=1S/C10H11S/c11-10-6-5-8-3-1-2-4-9(8)7-10/h5-7H,1-4H2. The third kappa shape index (κ3) is 1.38. The fraction of sp³-hybridized carbons (Fsp3) is 0.400. The van der Waals surface area contributed by atoms with Gasteiger partial charge in [-0.15, -0.1) is 0 Å². The van der Waals surface area contributed by atoms with Crippen LogP contribution in [0, 0.1) is 0 Å². The normalized spacial score (nSPS) is 16.0. The number of fused-ring (bicyclic) bond motifs is 1. The molecule has 1 aromatic carbocycles. The summed E-state index contributed by atoms with van der Waals surface area (Å²) in [5.41, 5.74) is 3.01. The molecule has 0 aromatic heterocycles. The van der Waals surface area contributed by atoms with E-state index in [4.69, 9.17) is 12.6 Å². The predicted octanol–water partition coefficient (Wildman–Crippen LogP) is 3.12. The lowest BCUT2D eigenvalue weighted by molar-refractivity contribution is 0.684. The average molecular weight is 163 g/mol. The second kappa shape index (κ2) is 2.82. The first kappa shape index (κ1) is 7.11. The minimum Gasteiger partial charge on any atom is -0.0801 e. The van der Waals surface area contributed by atoms with Crippen LogP contribution in [0.4, 0.5) is 0 Å². The maximum absolute atomic E-state index is 5.10. The zero-order valence-corrected chi connectivity index (χ0v) is 7.29. The van der Waals surface area contributed by atoms with Crippen LogP contribution in [-0.2, 0) is 12.8 Å². The van der Waals surface area contributed by atoms with Crippen molar-refractivity contribution in [3.63, 3.8) is 0 Å². The van der Waals surface area contributed by atoms with Gasteiger partial charge in [-0.2, -0.15) is 0 Å². The van der Waals surface area contributed by atoms with E-state index < -0.39 is 0 Å². The molecule has 1 aliphatic carbocycles. The van der Waals surface area contributed by atoms with E-state index in [9.17, 15) is 0 Å². The van der Waals surface area contributed by atoms with Gasteiger partial charge in [-0.1, -0.05) is 18.7 Å². The number of hydrogen-bond acceptors (Lipinski definition) is 0. The van der Waals surface area contributed by atoms with Crippen molar-refractivity contribution >= 4 is 12.6 Å². The Kier molecular flexibility index (Phi) is 1.82. The third-order valence-electron chi connectivity index (χ3n) is 2.32. The molecule has 1 aliphatic rings. The molecular formula is C10H11S. The first-order valence-electron chi connectivity index (χ1n) is 4.15. The van der Waals surface area contributed by atoms with Crippen LogP contribution in [0.1, 0.15) is 24.0 Å². The Morgan fingerprint density at radius 1 is 1.00 bits per heavy atom. The van der Waals surface area contributed by atoms with Crippen LogP contribution < -0.4 is 0 Å². The molecular weight excluding hydrogens is 152 g/mol. The van der Waals surface area contributed by atoms with Crippen molar-refractivity contribution in [1.82, 2.24) is 0 Å². The fourth-order valence-electron chi connectivity index (χ4n) is 1.71. The van der Waals surface area contributed by atoms with Crippen molar-refractivity contribution < 1.29 is 0 Å². The van der Waals surface area contributed by atoms with Gasteiger partial charge in [0.05, 0.1) is 0 Å². The molecule has 0 atom stereocenters. The molecule has 0 fully saturated rings. The molecule has 1 heteroatoms. The minimum atomic E-state index is 0.991. The van der Waals surface area contributed by atoms with Crippen molar-refractivity contribution in [2.75, 3.05) is 0 Å². The van der Waals surface area contributed by atoms with Gasteiger partial charge in [0, 0.05) is 4.90 Å². The van der Waals surface area contributed by atoms with Crippen LogP contribution in [0.15, 0.2) is 23.1 Å². The van der Waals surface area contributed by atoms with E-state index in [0.717, 1.165) is 4.90 Å². The van der Waals surface area contributed by atoms with E-state index in [2.05, 4.69) is 12.1 Å². The van der Waals surface area contributed by atoms with E-state index in [0.29, 0.717) is 0 Å². The van der Waals surface area contributed by atoms with Gasteiger partial charge in [-0.3, -0.25) is 0 Å². The molecule has 1 aromatic rings. The summed E-state index contributed by atoms with van der Waals surface area (Å²) in [7, 11) is 0. The summed E-state index contributed by atoms with van der Waals surface area (Å²) < 4.78 is 0. The number of aryl methyl sites for hydroxylation is 2. The molecule has 0 amide bonds. The van der Waals surface area contributed by atoms with Gasteiger partial charge in [-0.25, -0.2) is 0 Å². The Hall–Kier alpha value is -0.560. The van der Waals surface area contributed by atoms with Crippen molar-refractivity contribution in [3.8, 4) is 0 Å². The lowest BCUT2D eigenvalue weighted by Gasteiger charge is -2.14. The van der Waals surface area contributed by atoms with E-state index in [1.54, 1.807) is 0 Å². The quantitative estimate of drug-likeness (QED) is 0.551. The van der Waals surface area contributed by atoms with Crippen molar-refractivity contribution in [3.05, 3.63) is 29.3 Å². The molecule has 11 heavy (non-hydrogen) atoms. The van der Waals surface area contributed by atoms with Crippen LogP contribution >= 0.6 is 12.6 Å². The molecule has 0 N–H and O–H groups in total. The van der Waals surface area contributed by atoms with Gasteiger partial charge >= 0.3 is 0 Å². The van der Waals surface area contributed by atoms with Crippen LogP contribution in [0.25, 0.3) is 0 Å². The SMILES string of the molecule is [S]c1ccc2c(c1)CCCC2. The summed E-state index contributed by atoms with van der Waals surface area (Å²) in [5, 5.41) is 0. The molecule has 0 nitrogen and oxygen atoms in total. The summed E-state index contributed by atoms with van der Waals surface area (Å²) in [6.07, 6.45) is 5.18. The number of hydrogen-bond donors (Lipinski definition) is 0. The van der Waals surface area contributed by atoms with Crippen molar-refractivity contribution in [2.45, 2.75) is 30.6 Å². The summed E-state index contributed by atoms with van der Waals surface area (Å²) in [5.74, 6) is 0. The zero-order valence-electron chi connectivity index (χ0n) is 6.47. The van der Waals surface area contributed by atoms with Gasteiger partial charge in [0.1, 0.15) is 0 Å². The van der Waals surface area contributed by atoms with Gasteiger partial charge < -0.3 is 0 Å². The van der Waals surface area contributed by atoms with Gasteiger partial charge in [0.15, 0.2) is 0 Å². The molecule has 0 unspecified atom stereocenters. The van der Waals surface area contributed by atoms with E-state index in [-0.39, 0.29) is 0 Å². The molecule has 0 aliphatic heterocycles. The average Bonchev–Trinajstić information content (AvgIpc) is 2.04. The summed E-state index contributed by atoms with van der Waals surface area (Å²) in [6, 6.07) is 6.39. The topological polar surface area (TPSA) is 0 Å². The molecule has 1 radical (unpaired) electrons. The van der Waals surface area contributed by atoms with Gasteiger partial charge in [0.25, 0.3) is 0 Å². The minimum absolute atomic E-state index is 0.991. The summed E-state index contributed by atoms with van der Waals surface area (Å²) in [4.78, 5) is 0.991. The number of benzene rings is 1. The highest BCUT2D eigenvalue weighted by Gasteiger charge is 2.07. The Morgan fingerprint density at radius 2 is 1.73 bits per heavy atom. The van der Waals surface area contributed by atoms with Crippen molar-refractivity contribution in [1.29, 1.82) is 0 Å². The lowest BCUT2D eigenvalue weighted by atomic mass is 9.92. The first-order valence-corrected chi connectivity index (χ1v) is 4.56. The Morgan fingerprint density at radius 3 is 2.55 bits per heavy atom. The highest BCUT2D eigenvalue weighted by molar-refractivity contribution is 7.80. The van der Waals surface area contributed by atoms with Gasteiger partial charge in [0.2, 0.25) is 0 Å². The largest absolute Gasteiger partial charge is 0.0801 e. The summed E-state index contributed by atoms with van der Waals surface area (Å²) >= 11 is 5.10. The predicted molar refractivity (Wildman–Crippen MR) is 48.9 cm³/mol. The van der Waals surface area contributed by atoms with E-state index in [1.165, 1.54) is 36.8 Å². The molecule has 2 rings (SSSR count). The Balaban J connectivity index is 2.43. The maximum Gasteiger partial charge on any atom is 0.0380 e. The zero-order chi connectivity index (χ0) is 7.68. The molecule has 57 valence electrons. The number of rotatable bonds is 0. The smallest absolute Gasteiger partial charge is 0.0380 e. The van der Waals surface area contributed by atoms with Crippen molar-refractivity contribution in [2.24, 2.45) is 0 Å². The lowest BCUT2D eigenvalue weighted by Crippen LogP contribution is -2.01. The first-order chi connectivity index (χ1) is 5.36. The van der Waals surface area contributed by atoms with Crippen LogP contribution in [-0.4, -0.2) is 0 Å². The fourth-order valence-corrected chi connectivity index (χ4v) is 1.92. The maximum atomic E-state index is 5.10. The third-order valence-corrected chi connectivity index (χ3v) is 2.57. The molecule has 0 heterocycles. The highest BCUT2D eigenvalue weighted by atomic mass is 32.1. The highest BCUT2D eigenvalue weighted by Crippen LogP contribution is 2.23. The molecule has 0 saturated carbocycles. The van der Waals surface area contributed by atoms with Crippen LogP contribution in [0.2, 0.25) is 0 Å². The molecule has 0 saturated heterocycles. The second-order valence-corrected chi connectivity index (χ2v) is 3.61. The summed E-state index contributed by atoms with van der Waals surface area (Å²) in [6.45, 7) is 0.